The molecule has 0 saturated heterocycles. The lowest BCUT2D eigenvalue weighted by Gasteiger charge is -2.09. The Balaban J connectivity index is 2.47. The Morgan fingerprint density at radius 1 is 1.11 bits per heavy atom. The van der Waals surface area contributed by atoms with Gasteiger partial charge in [0, 0.05) is 0 Å². The molecule has 1 aromatic carbocycles. The topological polar surface area (TPSA) is 38.4 Å². The molecule has 0 fully saturated rings. The molecule has 0 aliphatic heterocycles. The van der Waals surface area contributed by atoms with Crippen LogP contribution in [0.5, 0.6) is 0 Å². The molecule has 0 aliphatic rings. The zero-order chi connectivity index (χ0) is 13.0. The maximum Gasteiger partial charge on any atom is 0.141 e. The lowest BCUT2D eigenvalue weighted by Crippen LogP contribution is -2.11. The summed E-state index contributed by atoms with van der Waals surface area (Å²) in [6, 6.07) is 10.3. The van der Waals surface area contributed by atoms with Crippen molar-refractivity contribution in [1.82, 2.24) is 0 Å². The van der Waals surface area contributed by atoms with Crippen molar-refractivity contribution in [3.63, 3.8) is 0 Å². The largest absolute Gasteiger partial charge is 0.383 e. The summed E-state index contributed by atoms with van der Waals surface area (Å²) in [4.78, 5) is 5.68. The molecule has 0 aliphatic carbocycles. The van der Waals surface area contributed by atoms with E-state index >= 15 is 0 Å². The van der Waals surface area contributed by atoms with Gasteiger partial charge in [0.25, 0.3) is 0 Å². The molecule has 94 valence electrons. The van der Waals surface area contributed by atoms with Gasteiger partial charge in [-0.1, -0.05) is 38.1 Å². The van der Waals surface area contributed by atoms with Crippen LogP contribution in [-0.4, -0.2) is 5.84 Å². The first-order valence-corrected chi connectivity index (χ1v) is 7.13. The van der Waals surface area contributed by atoms with Gasteiger partial charge in [0.15, 0.2) is 0 Å². The first kappa shape index (κ1) is 12.8. The summed E-state index contributed by atoms with van der Waals surface area (Å²) in [6.07, 6.45) is 1.95. The van der Waals surface area contributed by atoms with E-state index in [2.05, 4.69) is 37.0 Å². The Kier molecular flexibility index (Phi) is 4.15. The highest BCUT2D eigenvalue weighted by atomic mass is 32.1. The Labute approximate surface area is 112 Å². The van der Waals surface area contributed by atoms with Gasteiger partial charge in [-0.25, -0.2) is 4.99 Å². The van der Waals surface area contributed by atoms with E-state index in [-0.39, 0.29) is 0 Å². The molecular weight excluding hydrogens is 240 g/mol. The van der Waals surface area contributed by atoms with E-state index in [9.17, 15) is 0 Å². The smallest absolute Gasteiger partial charge is 0.141 e. The molecule has 2 rings (SSSR count). The van der Waals surface area contributed by atoms with E-state index in [1.165, 1.54) is 11.1 Å². The minimum Gasteiger partial charge on any atom is -0.383 e. The zero-order valence-corrected chi connectivity index (χ0v) is 11.6. The summed E-state index contributed by atoms with van der Waals surface area (Å²) < 4.78 is 0. The molecule has 0 bridgehead atoms. The Bertz CT molecular complexity index is 519. The van der Waals surface area contributed by atoms with Crippen molar-refractivity contribution in [2.75, 3.05) is 0 Å². The van der Waals surface area contributed by atoms with Gasteiger partial charge >= 0.3 is 0 Å². The number of aliphatic imine (C=N–C) groups is 1. The number of rotatable bonds is 4. The third kappa shape index (κ3) is 2.62. The number of benzene rings is 1. The lowest BCUT2D eigenvalue weighted by atomic mass is 10.0. The summed E-state index contributed by atoms with van der Waals surface area (Å²) in [5, 5.41) is 2.02. The van der Waals surface area contributed by atoms with Gasteiger partial charge in [0.1, 0.15) is 5.84 Å². The summed E-state index contributed by atoms with van der Waals surface area (Å²) in [6.45, 7) is 4.30. The van der Waals surface area contributed by atoms with Crippen molar-refractivity contribution in [2.45, 2.75) is 26.7 Å². The van der Waals surface area contributed by atoms with Crippen LogP contribution in [0.4, 0.5) is 5.69 Å². The third-order valence-electron chi connectivity index (χ3n) is 2.97. The summed E-state index contributed by atoms with van der Waals surface area (Å²) >= 11 is 1.62. The Morgan fingerprint density at radius 3 is 2.28 bits per heavy atom. The lowest BCUT2D eigenvalue weighted by molar-refractivity contribution is 1.08. The van der Waals surface area contributed by atoms with Gasteiger partial charge in [0.05, 0.1) is 10.6 Å². The molecule has 2 N–H and O–H groups in total. The fraction of sp³-hybridized carbons (Fsp3) is 0.267. The van der Waals surface area contributed by atoms with Crippen LogP contribution in [0.15, 0.2) is 40.7 Å². The van der Waals surface area contributed by atoms with Crippen LogP contribution < -0.4 is 5.73 Å². The molecule has 0 atom stereocenters. The fourth-order valence-corrected chi connectivity index (χ4v) is 2.59. The Hall–Kier alpha value is -1.61. The molecule has 0 spiro atoms. The highest BCUT2D eigenvalue weighted by Crippen LogP contribution is 2.26. The second kappa shape index (κ2) is 5.83. The van der Waals surface area contributed by atoms with Gasteiger partial charge < -0.3 is 5.73 Å². The summed E-state index contributed by atoms with van der Waals surface area (Å²) in [5.74, 6) is 0.612. The number of thiophene rings is 1. The van der Waals surface area contributed by atoms with Crippen LogP contribution in [0, 0.1) is 0 Å². The molecule has 3 heteroatoms. The Morgan fingerprint density at radius 2 is 1.78 bits per heavy atom. The van der Waals surface area contributed by atoms with Crippen LogP contribution in [0.25, 0.3) is 0 Å². The van der Waals surface area contributed by atoms with E-state index in [0.29, 0.717) is 5.84 Å². The van der Waals surface area contributed by atoms with Crippen molar-refractivity contribution < 1.29 is 0 Å². The average molecular weight is 258 g/mol. The highest BCUT2D eigenvalue weighted by Gasteiger charge is 2.07. The van der Waals surface area contributed by atoms with Crippen LogP contribution in [0.3, 0.4) is 0 Å². The predicted molar refractivity (Wildman–Crippen MR) is 79.9 cm³/mol. The number of amidine groups is 1. The minimum atomic E-state index is 0.612. The fourth-order valence-electron chi connectivity index (χ4n) is 1.96. The number of nitrogens with zero attached hydrogens (tertiary/aromatic N) is 1. The number of aryl methyl sites for hydroxylation is 2. The van der Waals surface area contributed by atoms with Crippen LogP contribution >= 0.6 is 11.3 Å². The molecule has 2 nitrogen and oxygen atoms in total. The molecule has 1 heterocycles. The summed E-state index contributed by atoms with van der Waals surface area (Å²) in [7, 11) is 0. The normalized spacial score (nSPS) is 11.8. The molecule has 2 aromatic rings. The van der Waals surface area contributed by atoms with E-state index in [1.54, 1.807) is 11.3 Å². The molecule has 0 amide bonds. The number of hydrogen-bond acceptors (Lipinski definition) is 2. The van der Waals surface area contributed by atoms with Crippen molar-refractivity contribution in [3.8, 4) is 0 Å². The quantitative estimate of drug-likeness (QED) is 0.655. The van der Waals surface area contributed by atoms with Gasteiger partial charge in [-0.2, -0.15) is 0 Å². The first-order chi connectivity index (χ1) is 8.76. The van der Waals surface area contributed by atoms with Crippen molar-refractivity contribution >= 4 is 22.9 Å². The summed E-state index contributed by atoms with van der Waals surface area (Å²) in [5.41, 5.74) is 9.64. The van der Waals surface area contributed by atoms with Crippen LogP contribution in [-0.2, 0) is 12.8 Å². The molecule has 18 heavy (non-hydrogen) atoms. The SMILES string of the molecule is CCc1cccc(CC)c1N=C(N)c1cccs1. The van der Waals surface area contributed by atoms with Crippen LogP contribution in [0.2, 0.25) is 0 Å². The molecule has 0 radical (unpaired) electrons. The van der Waals surface area contributed by atoms with E-state index in [4.69, 9.17) is 5.73 Å². The monoisotopic (exact) mass is 258 g/mol. The van der Waals surface area contributed by atoms with E-state index < -0.39 is 0 Å². The third-order valence-corrected chi connectivity index (χ3v) is 3.86. The predicted octanol–water partition coefficient (Wildman–Crippen LogP) is 3.91. The van der Waals surface area contributed by atoms with Crippen molar-refractivity contribution in [3.05, 3.63) is 51.7 Å². The molecule has 0 unspecified atom stereocenters. The number of hydrogen-bond donors (Lipinski definition) is 1. The van der Waals surface area contributed by atoms with Crippen LogP contribution in [0.1, 0.15) is 29.9 Å². The number of nitrogens with two attached hydrogens (primary N) is 1. The standard InChI is InChI=1S/C15H18N2S/c1-3-11-7-5-8-12(4-2)14(11)17-15(16)13-9-6-10-18-13/h5-10H,3-4H2,1-2H3,(H2,16,17). The van der Waals surface area contributed by atoms with Gasteiger partial charge in [-0.05, 0) is 35.4 Å². The van der Waals surface area contributed by atoms with Gasteiger partial charge in [-0.3, -0.25) is 0 Å². The average Bonchev–Trinajstić information content (AvgIpc) is 2.93. The maximum atomic E-state index is 6.08. The zero-order valence-electron chi connectivity index (χ0n) is 10.8. The van der Waals surface area contributed by atoms with E-state index in [0.717, 1.165) is 23.4 Å². The molecular formula is C15H18N2S. The molecule has 0 saturated carbocycles. The first-order valence-electron chi connectivity index (χ1n) is 6.25. The minimum absolute atomic E-state index is 0.612. The van der Waals surface area contributed by atoms with Gasteiger partial charge in [0.2, 0.25) is 0 Å². The maximum absolute atomic E-state index is 6.08. The van der Waals surface area contributed by atoms with E-state index in [1.807, 2.05) is 17.5 Å². The van der Waals surface area contributed by atoms with Crippen molar-refractivity contribution in [2.24, 2.45) is 10.7 Å². The van der Waals surface area contributed by atoms with Crippen molar-refractivity contribution in [1.29, 1.82) is 0 Å². The second-order valence-corrected chi connectivity index (χ2v) is 5.05. The second-order valence-electron chi connectivity index (χ2n) is 4.11. The molecule has 1 aromatic heterocycles. The number of para-hydroxylation sites is 1. The highest BCUT2D eigenvalue weighted by molar-refractivity contribution is 7.12. The van der Waals surface area contributed by atoms with Gasteiger partial charge in [-0.15, -0.1) is 11.3 Å².